The Hall–Kier alpha value is 2.56. The number of hydrogen-bond donors (Lipinski definition) is 0. The number of hydrogen-bond acceptors (Lipinski definition) is 0. The summed E-state index contributed by atoms with van der Waals surface area (Å²) in [7, 11) is 0. The molecule has 0 aromatic carbocycles. The zero-order chi connectivity index (χ0) is 0. The second-order valence-corrected chi connectivity index (χ2v) is 0. The molecule has 0 bridgehead atoms. The van der Waals surface area contributed by atoms with Gasteiger partial charge in [0.05, 0.1) is 0 Å². The van der Waals surface area contributed by atoms with E-state index >= 15 is 0 Å². The molecule has 2 radical (unpaired) electrons. The third-order valence-electron chi connectivity index (χ3n) is 0. The van der Waals surface area contributed by atoms with E-state index in [2.05, 4.69) is 0 Å². The minimum absolute atomic E-state index is 0. The molecule has 0 atom stereocenters. The van der Waals surface area contributed by atoms with E-state index in [9.17, 15) is 0 Å². The molecule has 0 spiro atoms. The summed E-state index contributed by atoms with van der Waals surface area (Å²) in [6, 6.07) is 0. The van der Waals surface area contributed by atoms with Crippen LogP contribution in [0, 0.1) is 0 Å². The fourth-order valence-electron chi connectivity index (χ4n) is 0. The van der Waals surface area contributed by atoms with Gasteiger partial charge in [0.25, 0.3) is 0 Å². The predicted molar refractivity (Wildman–Crippen MR) is 7.15 cm³/mol. The van der Waals surface area contributed by atoms with E-state index in [0.29, 0.717) is 0 Å². The summed E-state index contributed by atoms with van der Waals surface area (Å²) in [6.07, 6.45) is 0. The van der Waals surface area contributed by atoms with Gasteiger partial charge < -0.3 is 0 Å². The van der Waals surface area contributed by atoms with Crippen molar-refractivity contribution in [1.82, 2.24) is 0 Å². The Kier molecular flexibility index (Phi) is 137. The average molecular weight is 198 g/mol. The Labute approximate surface area is 79.6 Å². The first-order valence-electron chi connectivity index (χ1n) is 0. The van der Waals surface area contributed by atoms with Crippen LogP contribution in [0.3, 0.4) is 0 Å². The van der Waals surface area contributed by atoms with Crippen LogP contribution in [0.25, 0.3) is 0 Å². The van der Waals surface area contributed by atoms with Crippen LogP contribution in [0.4, 0.5) is 0 Å². The predicted octanol–water partition coefficient (Wildman–Crippen LogP) is -0.656. The summed E-state index contributed by atoms with van der Waals surface area (Å²) in [5.41, 5.74) is 0. The Morgan fingerprint density at radius 3 is 1.00 bits per heavy atom. The van der Waals surface area contributed by atoms with Crippen molar-refractivity contribution in [3.8, 4) is 0 Å². The molecule has 4 heavy (non-hydrogen) atoms. The maximum absolute atomic E-state index is 0. The third-order valence-corrected chi connectivity index (χ3v) is 0. The fraction of sp³-hybridized carbons (Fsp3) is 0. The van der Waals surface area contributed by atoms with Crippen LogP contribution in [0.15, 0.2) is 0 Å². The van der Waals surface area contributed by atoms with Gasteiger partial charge in [0.15, 0.2) is 0 Å². The van der Waals surface area contributed by atoms with E-state index in [1.807, 2.05) is 0 Å². The molecule has 0 N–H and O–H groups in total. The minimum atomic E-state index is 0. The van der Waals surface area contributed by atoms with Crippen molar-refractivity contribution in [2.24, 2.45) is 0 Å². The fourth-order valence-corrected chi connectivity index (χ4v) is 0. The molecule has 0 saturated carbocycles. The second kappa shape index (κ2) is 17.6. The average Bonchev–Trinajstić information content (AvgIpc) is 0. The first kappa shape index (κ1) is 31.0. The zero-order valence-corrected chi connectivity index (χ0v) is 4.26. The van der Waals surface area contributed by atoms with Crippen molar-refractivity contribution in [2.45, 2.75) is 0 Å². The third kappa shape index (κ3) is 8.82. The molecule has 0 aliphatic heterocycles. The van der Waals surface area contributed by atoms with E-state index in [0.717, 1.165) is 0 Å². The summed E-state index contributed by atoms with van der Waals surface area (Å²) in [5.74, 6) is 0. The van der Waals surface area contributed by atoms with Gasteiger partial charge in [-0.2, -0.15) is 0 Å². The molecule has 0 amide bonds. The molecule has 0 rings (SSSR count). The SMILES string of the molecule is [Cu].[Fe].[Mn].[NaH]. The van der Waals surface area contributed by atoms with Gasteiger partial charge in [-0.15, -0.1) is 0 Å². The maximum atomic E-state index is 0. The summed E-state index contributed by atoms with van der Waals surface area (Å²) in [6.45, 7) is 0. The van der Waals surface area contributed by atoms with E-state index in [1.54, 1.807) is 0 Å². The quantitative estimate of drug-likeness (QED) is 0.454. The molecule has 0 aromatic heterocycles. The van der Waals surface area contributed by atoms with Gasteiger partial charge in [-0.1, -0.05) is 0 Å². The van der Waals surface area contributed by atoms with Crippen LogP contribution >= 0.6 is 0 Å². The van der Waals surface area contributed by atoms with Crippen molar-refractivity contribution in [3.05, 3.63) is 0 Å². The van der Waals surface area contributed by atoms with Gasteiger partial charge in [0, 0.05) is 51.2 Å². The van der Waals surface area contributed by atoms with Crippen molar-refractivity contribution in [2.75, 3.05) is 0 Å². The molecule has 0 saturated heterocycles. The van der Waals surface area contributed by atoms with Crippen LogP contribution in [-0.2, 0) is 51.2 Å². The van der Waals surface area contributed by atoms with Gasteiger partial charge in [0.1, 0.15) is 0 Å². The first-order chi connectivity index (χ1) is 0. The molecular weight excluding hydrogens is 197 g/mol. The second-order valence-electron chi connectivity index (χ2n) is 0. The summed E-state index contributed by atoms with van der Waals surface area (Å²) >= 11 is 0. The van der Waals surface area contributed by atoms with Crippen molar-refractivity contribution >= 4 is 29.6 Å². The Morgan fingerprint density at radius 1 is 1.00 bits per heavy atom. The Balaban J connectivity index is 0. The van der Waals surface area contributed by atoms with Gasteiger partial charge >= 0.3 is 29.6 Å². The Morgan fingerprint density at radius 2 is 1.00 bits per heavy atom. The van der Waals surface area contributed by atoms with Gasteiger partial charge in [-0.25, -0.2) is 0 Å². The van der Waals surface area contributed by atoms with Gasteiger partial charge in [0.2, 0.25) is 0 Å². The van der Waals surface area contributed by atoms with Crippen LogP contribution in [0.2, 0.25) is 0 Å². The van der Waals surface area contributed by atoms with Gasteiger partial charge in [-0.3, -0.25) is 0 Å². The molecular formula is HCuFeMnNa. The van der Waals surface area contributed by atoms with Crippen LogP contribution in [0.5, 0.6) is 0 Å². The van der Waals surface area contributed by atoms with Gasteiger partial charge in [-0.05, 0) is 0 Å². The molecule has 0 heterocycles. The van der Waals surface area contributed by atoms with E-state index in [-0.39, 0.29) is 80.8 Å². The topological polar surface area (TPSA) is 0 Å². The molecule has 0 aliphatic carbocycles. The van der Waals surface area contributed by atoms with Crippen LogP contribution in [0.1, 0.15) is 0 Å². The summed E-state index contributed by atoms with van der Waals surface area (Å²) < 4.78 is 0. The van der Waals surface area contributed by atoms with E-state index < -0.39 is 0 Å². The molecule has 0 unspecified atom stereocenters. The van der Waals surface area contributed by atoms with Crippen LogP contribution in [-0.4, -0.2) is 29.6 Å². The zero-order valence-electron chi connectivity index (χ0n) is 1.03. The van der Waals surface area contributed by atoms with Crippen molar-refractivity contribution < 1.29 is 51.2 Å². The van der Waals surface area contributed by atoms with Crippen LogP contribution < -0.4 is 0 Å². The van der Waals surface area contributed by atoms with Crippen molar-refractivity contribution in [1.29, 1.82) is 0 Å². The molecule has 0 nitrogen and oxygen atoms in total. The number of rotatable bonds is 0. The summed E-state index contributed by atoms with van der Waals surface area (Å²) in [5, 5.41) is 0. The van der Waals surface area contributed by atoms with Crippen molar-refractivity contribution in [3.63, 3.8) is 0 Å². The monoisotopic (exact) mass is 198 g/mol. The molecule has 4 heteroatoms. The molecule has 0 aliphatic rings. The van der Waals surface area contributed by atoms with E-state index in [4.69, 9.17) is 0 Å². The summed E-state index contributed by atoms with van der Waals surface area (Å²) in [4.78, 5) is 0. The molecule has 28 valence electrons. The first-order valence-corrected chi connectivity index (χ1v) is 0. The molecule has 0 aromatic rings. The Bertz CT molecular complexity index is 8.00. The normalized spacial score (nSPS) is 0. The standard InChI is InChI=1S/Cu.Fe.Mn.Na.H. The van der Waals surface area contributed by atoms with E-state index in [1.165, 1.54) is 0 Å². The molecule has 0 fully saturated rings.